The summed E-state index contributed by atoms with van der Waals surface area (Å²) in [6, 6.07) is 0. The summed E-state index contributed by atoms with van der Waals surface area (Å²) in [5.41, 5.74) is -0.535. The molecule has 0 spiro atoms. The van der Waals surface area contributed by atoms with Gasteiger partial charge in [-0.25, -0.2) is 14.8 Å². The Morgan fingerprint density at radius 3 is 2.38 bits per heavy atom. The number of amides is 1. The molecule has 0 unspecified atom stereocenters. The number of guanidine groups is 1. The summed E-state index contributed by atoms with van der Waals surface area (Å²) < 4.78 is 4.93. The average Bonchev–Trinajstić information content (AvgIpc) is 2.34. The van der Waals surface area contributed by atoms with Crippen molar-refractivity contribution in [3.8, 4) is 0 Å². The fourth-order valence-corrected chi connectivity index (χ4v) is 0.657. The van der Waals surface area contributed by atoms with Gasteiger partial charge in [0.05, 0.1) is 0 Å². The van der Waals surface area contributed by atoms with Crippen LogP contribution in [0.2, 0.25) is 0 Å². The number of nitrogens with zero attached hydrogens (tertiary/aromatic N) is 3. The van der Waals surface area contributed by atoms with E-state index in [-0.39, 0.29) is 5.96 Å². The van der Waals surface area contributed by atoms with Gasteiger partial charge in [0, 0.05) is 12.4 Å². The van der Waals surface area contributed by atoms with E-state index in [0.29, 0.717) is 0 Å². The van der Waals surface area contributed by atoms with Crippen molar-refractivity contribution in [2.75, 3.05) is 0 Å². The summed E-state index contributed by atoms with van der Waals surface area (Å²) >= 11 is 0. The van der Waals surface area contributed by atoms with Gasteiger partial charge in [0.25, 0.3) is 5.96 Å². The zero-order valence-electron chi connectivity index (χ0n) is 7.81. The fourth-order valence-electron chi connectivity index (χ4n) is 0.657. The lowest BCUT2D eigenvalue weighted by atomic mass is 10.2. The molecule has 0 bridgehead atoms. The van der Waals surface area contributed by atoms with Crippen LogP contribution in [0.3, 0.4) is 0 Å². The largest absolute Gasteiger partial charge is 0.442 e. The van der Waals surface area contributed by atoms with Gasteiger partial charge in [0.2, 0.25) is 0 Å². The minimum absolute atomic E-state index is 0.134. The molecule has 1 amide bonds. The molecule has 0 aromatic rings. The van der Waals surface area contributed by atoms with Crippen LogP contribution in [0.25, 0.3) is 0 Å². The molecule has 70 valence electrons. The highest BCUT2D eigenvalue weighted by atomic mass is 16.6. The standard InChI is InChI=1S/C8H11N3O2/c1-8(2,3)13-7(12)11-6-9-4-5-10-6/h4-5H,1-3H3. The van der Waals surface area contributed by atoms with Gasteiger partial charge in [-0.15, -0.1) is 4.99 Å². The van der Waals surface area contributed by atoms with Gasteiger partial charge in [-0.2, -0.15) is 0 Å². The summed E-state index contributed by atoms with van der Waals surface area (Å²) in [6.07, 6.45) is 2.26. The van der Waals surface area contributed by atoms with Crippen LogP contribution >= 0.6 is 0 Å². The zero-order valence-corrected chi connectivity index (χ0v) is 7.81. The molecule has 1 heterocycles. The van der Waals surface area contributed by atoms with E-state index in [0.717, 1.165) is 0 Å². The molecule has 0 radical (unpaired) electrons. The second-order valence-corrected chi connectivity index (χ2v) is 3.45. The van der Waals surface area contributed by atoms with Gasteiger partial charge in [-0.05, 0) is 20.8 Å². The van der Waals surface area contributed by atoms with Crippen LogP contribution < -0.4 is 0 Å². The van der Waals surface area contributed by atoms with Crippen molar-refractivity contribution in [2.24, 2.45) is 15.0 Å². The summed E-state index contributed by atoms with van der Waals surface area (Å²) in [5.74, 6) is 0.134. The van der Waals surface area contributed by atoms with E-state index in [2.05, 4.69) is 15.0 Å². The highest BCUT2D eigenvalue weighted by Gasteiger charge is 2.16. The first-order valence-electron chi connectivity index (χ1n) is 3.86. The summed E-state index contributed by atoms with van der Waals surface area (Å²) in [4.78, 5) is 22.0. The van der Waals surface area contributed by atoms with Crippen molar-refractivity contribution in [1.82, 2.24) is 0 Å². The van der Waals surface area contributed by atoms with Gasteiger partial charge in [-0.1, -0.05) is 0 Å². The Hall–Kier alpha value is -1.52. The molecular formula is C8H11N3O2. The van der Waals surface area contributed by atoms with E-state index >= 15 is 0 Å². The van der Waals surface area contributed by atoms with Crippen molar-refractivity contribution >= 4 is 24.5 Å². The third kappa shape index (κ3) is 3.59. The maximum absolute atomic E-state index is 11.1. The Morgan fingerprint density at radius 1 is 1.38 bits per heavy atom. The number of aliphatic imine (C=N–C) groups is 3. The number of rotatable bonds is 0. The van der Waals surface area contributed by atoms with E-state index < -0.39 is 11.7 Å². The zero-order chi connectivity index (χ0) is 9.90. The van der Waals surface area contributed by atoms with E-state index in [1.54, 1.807) is 20.8 Å². The second kappa shape index (κ2) is 3.47. The molecule has 1 rings (SSSR count). The molecule has 0 atom stereocenters. The Kier molecular flexibility index (Phi) is 2.55. The molecular weight excluding hydrogens is 170 g/mol. The van der Waals surface area contributed by atoms with Gasteiger partial charge >= 0.3 is 6.09 Å². The van der Waals surface area contributed by atoms with Crippen molar-refractivity contribution in [3.63, 3.8) is 0 Å². The predicted molar refractivity (Wildman–Crippen MR) is 50.7 cm³/mol. The monoisotopic (exact) mass is 181 g/mol. The van der Waals surface area contributed by atoms with Crippen molar-refractivity contribution in [1.29, 1.82) is 0 Å². The first kappa shape index (κ1) is 9.57. The quantitative estimate of drug-likeness (QED) is 0.567. The summed E-state index contributed by atoms with van der Waals surface area (Å²) in [7, 11) is 0. The number of carbonyl (C=O) groups is 1. The fraction of sp³-hybridized carbons (Fsp3) is 0.500. The van der Waals surface area contributed by atoms with Crippen molar-refractivity contribution in [2.45, 2.75) is 26.4 Å². The van der Waals surface area contributed by atoms with Gasteiger partial charge in [0.1, 0.15) is 5.60 Å². The topological polar surface area (TPSA) is 63.4 Å². The van der Waals surface area contributed by atoms with E-state index in [4.69, 9.17) is 4.74 Å². The Labute approximate surface area is 76.2 Å². The van der Waals surface area contributed by atoms with E-state index in [9.17, 15) is 4.79 Å². The van der Waals surface area contributed by atoms with Crippen LogP contribution in [-0.2, 0) is 4.74 Å². The summed E-state index contributed by atoms with van der Waals surface area (Å²) in [6.45, 7) is 5.31. The smallest absolute Gasteiger partial charge is 0.437 e. The molecule has 1 aliphatic rings. The molecule has 0 saturated heterocycles. The Bertz CT molecular complexity index is 283. The molecule has 0 aromatic carbocycles. The maximum Gasteiger partial charge on any atom is 0.437 e. The third-order valence-corrected chi connectivity index (χ3v) is 1.03. The lowest BCUT2D eigenvalue weighted by Crippen LogP contribution is -2.22. The van der Waals surface area contributed by atoms with E-state index in [1.165, 1.54) is 12.4 Å². The molecule has 0 fully saturated rings. The predicted octanol–water partition coefficient (Wildman–Crippen LogP) is 1.43. The normalized spacial score (nSPS) is 14.8. The average molecular weight is 181 g/mol. The van der Waals surface area contributed by atoms with Crippen LogP contribution in [-0.4, -0.2) is 30.1 Å². The number of ether oxygens (including phenoxy) is 1. The van der Waals surface area contributed by atoms with Crippen molar-refractivity contribution < 1.29 is 9.53 Å². The maximum atomic E-state index is 11.1. The minimum Gasteiger partial charge on any atom is -0.442 e. The first-order chi connectivity index (χ1) is 5.97. The number of hydrogen-bond acceptors (Lipinski definition) is 2. The van der Waals surface area contributed by atoms with Crippen LogP contribution in [0.15, 0.2) is 15.0 Å². The summed E-state index contributed by atoms with van der Waals surface area (Å²) in [5, 5.41) is 0. The molecule has 0 N–H and O–H groups in total. The van der Waals surface area contributed by atoms with Crippen LogP contribution in [0.5, 0.6) is 0 Å². The number of hydrogen-bond donors (Lipinski definition) is 0. The van der Waals surface area contributed by atoms with Gasteiger partial charge in [0.15, 0.2) is 0 Å². The Morgan fingerprint density at radius 2 is 1.92 bits per heavy atom. The van der Waals surface area contributed by atoms with Crippen LogP contribution in [0.1, 0.15) is 20.8 Å². The molecule has 13 heavy (non-hydrogen) atoms. The molecule has 0 saturated carbocycles. The minimum atomic E-state index is -0.668. The third-order valence-electron chi connectivity index (χ3n) is 1.03. The van der Waals surface area contributed by atoms with E-state index in [1.807, 2.05) is 0 Å². The highest BCUT2D eigenvalue weighted by Crippen LogP contribution is 2.08. The van der Waals surface area contributed by atoms with Crippen LogP contribution in [0, 0.1) is 0 Å². The Balaban J connectivity index is 2.55. The second-order valence-electron chi connectivity index (χ2n) is 3.45. The molecule has 5 nitrogen and oxygen atoms in total. The molecule has 0 aliphatic carbocycles. The SMILES string of the molecule is CC(C)(C)OC(=O)N=C1N=CC=N1. The molecule has 5 heteroatoms. The number of carbonyl (C=O) groups excluding carboxylic acids is 1. The van der Waals surface area contributed by atoms with Gasteiger partial charge < -0.3 is 4.74 Å². The highest BCUT2D eigenvalue weighted by molar-refractivity contribution is 6.26. The molecule has 1 aliphatic heterocycles. The first-order valence-corrected chi connectivity index (χ1v) is 3.86. The van der Waals surface area contributed by atoms with Crippen LogP contribution in [0.4, 0.5) is 4.79 Å². The molecule has 0 aromatic heterocycles. The lowest BCUT2D eigenvalue weighted by molar-refractivity contribution is 0.0604. The van der Waals surface area contributed by atoms with Gasteiger partial charge in [-0.3, -0.25) is 0 Å². The van der Waals surface area contributed by atoms with Crippen molar-refractivity contribution in [3.05, 3.63) is 0 Å². The lowest BCUT2D eigenvalue weighted by Gasteiger charge is -2.16.